The predicted molar refractivity (Wildman–Crippen MR) is 73.6 cm³/mol. The molecule has 0 unspecified atom stereocenters. The van der Waals surface area contributed by atoms with Gasteiger partial charge in [0.2, 0.25) is 5.13 Å². The molecule has 0 aromatic carbocycles. The summed E-state index contributed by atoms with van der Waals surface area (Å²) in [5.41, 5.74) is 0.736. The van der Waals surface area contributed by atoms with Crippen molar-refractivity contribution in [3.63, 3.8) is 0 Å². The highest BCUT2D eigenvalue weighted by molar-refractivity contribution is 7.09. The number of hydrogen-bond acceptors (Lipinski definition) is 6. The summed E-state index contributed by atoms with van der Waals surface area (Å²) < 4.78 is 4.24. The fourth-order valence-electron chi connectivity index (χ4n) is 1.47. The van der Waals surface area contributed by atoms with Crippen LogP contribution in [0.5, 0.6) is 0 Å². The van der Waals surface area contributed by atoms with Crippen molar-refractivity contribution < 1.29 is 9.63 Å². The Bertz CT molecular complexity index is 497. The fraction of sp³-hybridized carbons (Fsp3) is 0.636. The minimum Gasteiger partial charge on any atom is -0.399 e. The Morgan fingerprint density at radius 3 is 2.68 bits per heavy atom. The Morgan fingerprint density at radius 2 is 2.16 bits per heavy atom. The lowest BCUT2D eigenvalue weighted by Gasteiger charge is -2.31. The van der Waals surface area contributed by atoms with Crippen LogP contribution in [0.2, 0.25) is 0 Å². The van der Waals surface area contributed by atoms with Gasteiger partial charge in [0.25, 0.3) is 0 Å². The molecule has 1 fully saturated rings. The SMILES string of the molecule is CON=C1CN(C(=O)Nc2nc(C(C)(C)C)ns2)C1. The number of carbonyl (C=O) groups is 1. The van der Waals surface area contributed by atoms with Crippen LogP contribution in [0.4, 0.5) is 9.93 Å². The van der Waals surface area contributed by atoms with E-state index in [1.54, 1.807) is 4.90 Å². The van der Waals surface area contributed by atoms with E-state index in [4.69, 9.17) is 0 Å². The quantitative estimate of drug-likeness (QED) is 0.838. The van der Waals surface area contributed by atoms with Crippen molar-refractivity contribution in [3.05, 3.63) is 5.82 Å². The molecule has 0 saturated carbocycles. The Morgan fingerprint density at radius 1 is 1.47 bits per heavy atom. The van der Waals surface area contributed by atoms with Gasteiger partial charge in [0.1, 0.15) is 12.9 Å². The Balaban J connectivity index is 1.90. The van der Waals surface area contributed by atoms with Crippen molar-refractivity contribution in [1.82, 2.24) is 14.3 Å². The molecule has 1 aromatic heterocycles. The number of rotatable bonds is 2. The number of nitrogens with zero attached hydrogens (tertiary/aromatic N) is 4. The molecule has 0 radical (unpaired) electrons. The molecule has 1 aromatic rings. The van der Waals surface area contributed by atoms with Crippen LogP contribution >= 0.6 is 11.5 Å². The number of nitrogens with one attached hydrogen (secondary N) is 1. The third-order valence-corrected chi connectivity index (χ3v) is 3.20. The monoisotopic (exact) mass is 283 g/mol. The third kappa shape index (κ3) is 3.19. The highest BCUT2D eigenvalue weighted by Gasteiger charge is 2.28. The van der Waals surface area contributed by atoms with Gasteiger partial charge in [0.05, 0.1) is 18.8 Å². The van der Waals surface area contributed by atoms with Crippen LogP contribution in [0.3, 0.4) is 0 Å². The van der Waals surface area contributed by atoms with Crippen molar-refractivity contribution in [1.29, 1.82) is 0 Å². The molecule has 19 heavy (non-hydrogen) atoms. The maximum absolute atomic E-state index is 11.9. The zero-order valence-corrected chi connectivity index (χ0v) is 12.2. The molecule has 1 N–H and O–H groups in total. The van der Waals surface area contributed by atoms with Crippen molar-refractivity contribution in [2.45, 2.75) is 26.2 Å². The van der Waals surface area contributed by atoms with E-state index < -0.39 is 0 Å². The highest BCUT2D eigenvalue weighted by Crippen LogP contribution is 2.23. The van der Waals surface area contributed by atoms with Crippen molar-refractivity contribution in [2.24, 2.45) is 5.16 Å². The van der Waals surface area contributed by atoms with E-state index in [0.717, 1.165) is 11.5 Å². The topological polar surface area (TPSA) is 79.7 Å². The minimum atomic E-state index is -0.188. The average Bonchev–Trinajstić information content (AvgIpc) is 2.70. The van der Waals surface area contributed by atoms with Crippen LogP contribution in [0.15, 0.2) is 5.16 Å². The molecule has 0 spiro atoms. The van der Waals surface area contributed by atoms with E-state index in [1.165, 1.54) is 18.6 Å². The number of likely N-dealkylation sites (tertiary alicyclic amines) is 1. The second-order valence-electron chi connectivity index (χ2n) is 5.30. The number of anilines is 1. The van der Waals surface area contributed by atoms with Gasteiger partial charge in [-0.05, 0) is 0 Å². The van der Waals surface area contributed by atoms with E-state index in [0.29, 0.717) is 18.2 Å². The molecule has 2 heterocycles. The molecule has 2 amide bonds. The van der Waals surface area contributed by atoms with E-state index >= 15 is 0 Å². The highest BCUT2D eigenvalue weighted by atomic mass is 32.1. The first-order valence-corrected chi connectivity index (χ1v) is 6.66. The standard InChI is InChI=1S/C11H17N5O2S/c1-11(2,3)8-12-9(19-15-8)13-10(17)16-5-7(6-16)14-18-4/h5-6H2,1-4H3,(H,12,13,15,17). The van der Waals surface area contributed by atoms with E-state index in [9.17, 15) is 4.79 Å². The van der Waals surface area contributed by atoms with Gasteiger partial charge in [-0.15, -0.1) is 0 Å². The molecular weight excluding hydrogens is 266 g/mol. The number of carbonyl (C=O) groups excluding carboxylic acids is 1. The number of aromatic nitrogens is 2. The molecule has 0 atom stereocenters. The van der Waals surface area contributed by atoms with Crippen LogP contribution in [-0.2, 0) is 10.3 Å². The number of oxime groups is 1. The maximum atomic E-state index is 11.9. The average molecular weight is 283 g/mol. The Hall–Kier alpha value is -1.70. The van der Waals surface area contributed by atoms with E-state index in [-0.39, 0.29) is 11.4 Å². The largest absolute Gasteiger partial charge is 0.399 e. The van der Waals surface area contributed by atoms with Gasteiger partial charge in [-0.1, -0.05) is 25.9 Å². The van der Waals surface area contributed by atoms with Crippen LogP contribution in [0.1, 0.15) is 26.6 Å². The second-order valence-corrected chi connectivity index (χ2v) is 6.05. The summed E-state index contributed by atoms with van der Waals surface area (Å²) in [6, 6.07) is -0.188. The van der Waals surface area contributed by atoms with Gasteiger partial charge in [0, 0.05) is 16.9 Å². The summed E-state index contributed by atoms with van der Waals surface area (Å²) >= 11 is 1.19. The zero-order chi connectivity index (χ0) is 14.0. The molecule has 0 bridgehead atoms. The third-order valence-electron chi connectivity index (χ3n) is 2.57. The smallest absolute Gasteiger partial charge is 0.324 e. The molecule has 7 nitrogen and oxygen atoms in total. The minimum absolute atomic E-state index is 0.117. The van der Waals surface area contributed by atoms with Crippen LogP contribution < -0.4 is 5.32 Å². The second kappa shape index (κ2) is 5.12. The molecular formula is C11H17N5O2S. The molecule has 0 aliphatic carbocycles. The Labute approximate surface area is 115 Å². The summed E-state index contributed by atoms with van der Waals surface area (Å²) in [6.07, 6.45) is 0. The van der Waals surface area contributed by atoms with E-state index in [1.807, 2.05) is 20.8 Å². The molecule has 104 valence electrons. The van der Waals surface area contributed by atoms with Gasteiger partial charge < -0.3 is 9.74 Å². The van der Waals surface area contributed by atoms with Gasteiger partial charge in [-0.3, -0.25) is 5.32 Å². The summed E-state index contributed by atoms with van der Waals surface area (Å²) in [7, 11) is 1.49. The summed E-state index contributed by atoms with van der Waals surface area (Å²) in [5.74, 6) is 0.734. The first kappa shape index (κ1) is 13.7. The first-order valence-electron chi connectivity index (χ1n) is 5.89. The number of hydrogen-bond donors (Lipinski definition) is 1. The predicted octanol–water partition coefficient (Wildman–Crippen LogP) is 1.69. The lowest BCUT2D eigenvalue weighted by Crippen LogP contribution is -2.52. The van der Waals surface area contributed by atoms with Crippen LogP contribution in [0, 0.1) is 0 Å². The summed E-state index contributed by atoms with van der Waals surface area (Å²) in [5, 5.41) is 7.03. The van der Waals surface area contributed by atoms with Gasteiger partial charge in [-0.2, -0.15) is 4.37 Å². The molecule has 1 aliphatic heterocycles. The molecule has 1 saturated heterocycles. The summed E-state index contributed by atoms with van der Waals surface area (Å²) in [4.78, 5) is 22.4. The first-order chi connectivity index (χ1) is 8.90. The van der Waals surface area contributed by atoms with E-state index in [2.05, 4.69) is 24.7 Å². The lowest BCUT2D eigenvalue weighted by atomic mass is 9.96. The van der Waals surface area contributed by atoms with Crippen molar-refractivity contribution in [3.8, 4) is 0 Å². The van der Waals surface area contributed by atoms with Crippen molar-refractivity contribution >= 4 is 28.4 Å². The maximum Gasteiger partial charge on any atom is 0.324 e. The zero-order valence-electron chi connectivity index (χ0n) is 11.4. The molecule has 1 aliphatic rings. The normalized spacial score (nSPS) is 14.9. The molecule has 2 rings (SSSR count). The number of urea groups is 1. The lowest BCUT2D eigenvalue weighted by molar-refractivity contribution is 0.195. The van der Waals surface area contributed by atoms with Gasteiger partial charge >= 0.3 is 6.03 Å². The van der Waals surface area contributed by atoms with Crippen molar-refractivity contribution in [2.75, 3.05) is 25.5 Å². The fourth-order valence-corrected chi connectivity index (χ4v) is 2.22. The van der Waals surface area contributed by atoms with Crippen LogP contribution in [-0.4, -0.2) is 46.2 Å². The van der Waals surface area contributed by atoms with Crippen LogP contribution in [0.25, 0.3) is 0 Å². The van der Waals surface area contributed by atoms with Gasteiger partial charge in [-0.25, -0.2) is 9.78 Å². The summed E-state index contributed by atoms with van der Waals surface area (Å²) in [6.45, 7) is 7.08. The number of amides is 2. The van der Waals surface area contributed by atoms with Gasteiger partial charge in [0.15, 0.2) is 0 Å². The molecule has 8 heteroatoms. The Kier molecular flexibility index (Phi) is 3.70.